The monoisotopic (exact) mass is 416 g/mol. The van der Waals surface area contributed by atoms with E-state index in [1.165, 1.54) is 4.31 Å². The Hall–Kier alpha value is -2.05. The van der Waals surface area contributed by atoms with Crippen LogP contribution in [0.1, 0.15) is 31.4 Å². The van der Waals surface area contributed by atoms with Crippen LogP contribution in [0.3, 0.4) is 0 Å². The van der Waals surface area contributed by atoms with Gasteiger partial charge >= 0.3 is 0 Å². The molecule has 1 heterocycles. The summed E-state index contributed by atoms with van der Waals surface area (Å²) in [5.74, 6) is 1.43. The van der Waals surface area contributed by atoms with Crippen LogP contribution in [0.15, 0.2) is 47.4 Å². The Bertz CT molecular complexity index is 918. The lowest BCUT2D eigenvalue weighted by molar-refractivity contribution is 0.260. The molecule has 6 heteroatoms. The highest BCUT2D eigenvalue weighted by Crippen LogP contribution is 2.29. The zero-order valence-corrected chi connectivity index (χ0v) is 18.6. The molecule has 0 amide bonds. The van der Waals surface area contributed by atoms with E-state index in [1.807, 2.05) is 45.9 Å². The highest BCUT2D eigenvalue weighted by Gasteiger charge is 2.27. The van der Waals surface area contributed by atoms with Gasteiger partial charge in [0.1, 0.15) is 5.75 Å². The summed E-state index contributed by atoms with van der Waals surface area (Å²) in [5, 5.41) is 3.32. The van der Waals surface area contributed by atoms with Crippen molar-refractivity contribution in [3.63, 3.8) is 0 Å². The fraction of sp³-hybridized carbons (Fsp3) is 0.478. The third-order valence-electron chi connectivity index (χ3n) is 5.21. The van der Waals surface area contributed by atoms with Crippen molar-refractivity contribution in [2.45, 2.75) is 39.0 Å². The number of hydrogen-bond acceptors (Lipinski definition) is 4. The first kappa shape index (κ1) is 21.7. The second-order valence-electron chi connectivity index (χ2n) is 8.36. The first-order valence-electron chi connectivity index (χ1n) is 10.3. The lowest BCUT2D eigenvalue weighted by Gasteiger charge is -2.28. The van der Waals surface area contributed by atoms with Gasteiger partial charge in [0, 0.05) is 19.0 Å². The summed E-state index contributed by atoms with van der Waals surface area (Å²) >= 11 is 0. The largest absolute Gasteiger partial charge is 0.493 e. The molecule has 1 atom stereocenters. The fourth-order valence-electron chi connectivity index (χ4n) is 3.65. The maximum atomic E-state index is 13.5. The minimum atomic E-state index is -3.66. The summed E-state index contributed by atoms with van der Waals surface area (Å²) in [5.41, 5.74) is 2.81. The van der Waals surface area contributed by atoms with Crippen LogP contribution in [0.25, 0.3) is 0 Å². The van der Waals surface area contributed by atoms with E-state index >= 15 is 0 Å². The molecule has 0 radical (unpaired) electrons. The van der Waals surface area contributed by atoms with Crippen molar-refractivity contribution in [1.82, 2.24) is 5.32 Å². The van der Waals surface area contributed by atoms with Gasteiger partial charge in [-0.3, -0.25) is 4.31 Å². The van der Waals surface area contributed by atoms with Crippen molar-refractivity contribution >= 4 is 15.7 Å². The van der Waals surface area contributed by atoms with Gasteiger partial charge < -0.3 is 10.1 Å². The van der Waals surface area contributed by atoms with Gasteiger partial charge in [-0.05, 0) is 68.6 Å². The van der Waals surface area contributed by atoms with Crippen LogP contribution in [0.2, 0.25) is 0 Å². The summed E-state index contributed by atoms with van der Waals surface area (Å²) < 4.78 is 34.3. The lowest BCUT2D eigenvalue weighted by Crippen LogP contribution is -2.34. The van der Waals surface area contributed by atoms with Crippen molar-refractivity contribution in [3.8, 4) is 5.75 Å². The van der Waals surface area contributed by atoms with E-state index in [-0.39, 0.29) is 10.8 Å². The predicted octanol–water partition coefficient (Wildman–Crippen LogP) is 4.14. The third-order valence-corrected chi connectivity index (χ3v) is 7.01. The van der Waals surface area contributed by atoms with Gasteiger partial charge in [0.05, 0.1) is 17.2 Å². The molecular weight excluding hydrogens is 384 g/mol. The van der Waals surface area contributed by atoms with E-state index in [0.29, 0.717) is 24.8 Å². The molecule has 0 spiro atoms. The fourth-order valence-corrected chi connectivity index (χ4v) is 5.34. The normalized spacial score (nSPS) is 16.9. The Kier molecular flexibility index (Phi) is 6.85. The topological polar surface area (TPSA) is 58.6 Å². The quantitative estimate of drug-likeness (QED) is 0.703. The van der Waals surface area contributed by atoms with Crippen LogP contribution in [0, 0.1) is 25.7 Å². The van der Waals surface area contributed by atoms with Gasteiger partial charge in [-0.15, -0.1) is 0 Å². The first-order chi connectivity index (χ1) is 13.8. The Balaban J connectivity index is 1.83. The minimum Gasteiger partial charge on any atom is -0.493 e. The molecule has 1 saturated heterocycles. The molecule has 0 bridgehead atoms. The standard InChI is InChI=1S/C23H32N2O3S/c1-17(2)15-25(23-10-5-18(3)13-19(23)4)29(26,27)22-8-6-21(7-9-22)28-16-20-11-12-24-14-20/h5-10,13,17,20,24H,11-12,14-16H2,1-4H3. The van der Waals surface area contributed by atoms with E-state index in [9.17, 15) is 8.42 Å². The SMILES string of the molecule is Cc1ccc(N(CC(C)C)S(=O)(=O)c2ccc(OCC3CCNC3)cc2)c(C)c1. The second-order valence-corrected chi connectivity index (χ2v) is 10.2. The predicted molar refractivity (Wildman–Crippen MR) is 118 cm³/mol. The van der Waals surface area contributed by atoms with E-state index in [4.69, 9.17) is 4.74 Å². The summed E-state index contributed by atoms with van der Waals surface area (Å²) in [6.07, 6.45) is 1.12. The van der Waals surface area contributed by atoms with Gasteiger partial charge in [0.2, 0.25) is 0 Å². The first-order valence-corrected chi connectivity index (χ1v) is 11.7. The highest BCUT2D eigenvalue weighted by atomic mass is 32.2. The number of benzene rings is 2. The van der Waals surface area contributed by atoms with Crippen molar-refractivity contribution < 1.29 is 13.2 Å². The summed E-state index contributed by atoms with van der Waals surface area (Å²) in [6.45, 7) is 11.1. The zero-order valence-electron chi connectivity index (χ0n) is 17.8. The molecule has 0 aliphatic carbocycles. The maximum absolute atomic E-state index is 13.5. The number of anilines is 1. The molecule has 3 rings (SSSR count). The number of nitrogens with one attached hydrogen (secondary N) is 1. The van der Waals surface area contributed by atoms with E-state index in [1.54, 1.807) is 24.3 Å². The van der Waals surface area contributed by atoms with Crippen molar-refractivity contribution in [2.75, 3.05) is 30.5 Å². The van der Waals surface area contributed by atoms with Gasteiger partial charge in [-0.1, -0.05) is 31.5 Å². The highest BCUT2D eigenvalue weighted by molar-refractivity contribution is 7.92. The number of aryl methyl sites for hydroxylation is 2. The molecule has 0 aromatic heterocycles. The molecule has 0 saturated carbocycles. The maximum Gasteiger partial charge on any atom is 0.264 e. The molecule has 2 aromatic carbocycles. The molecule has 158 valence electrons. The number of nitrogens with zero attached hydrogens (tertiary/aromatic N) is 1. The van der Waals surface area contributed by atoms with Crippen molar-refractivity contribution in [2.24, 2.45) is 11.8 Å². The van der Waals surface area contributed by atoms with Crippen LogP contribution in [-0.4, -0.2) is 34.7 Å². The van der Waals surface area contributed by atoms with Crippen LogP contribution in [0.5, 0.6) is 5.75 Å². The van der Waals surface area contributed by atoms with E-state index in [2.05, 4.69) is 5.32 Å². The van der Waals surface area contributed by atoms with Crippen LogP contribution >= 0.6 is 0 Å². The zero-order chi connectivity index (χ0) is 21.0. The van der Waals surface area contributed by atoms with Crippen molar-refractivity contribution in [3.05, 3.63) is 53.6 Å². The Morgan fingerprint density at radius 3 is 2.45 bits per heavy atom. The average Bonchev–Trinajstić information content (AvgIpc) is 3.19. The van der Waals surface area contributed by atoms with Gasteiger partial charge in [0.15, 0.2) is 0 Å². The smallest absolute Gasteiger partial charge is 0.264 e. The molecular formula is C23H32N2O3S. The molecule has 1 aliphatic heterocycles. The van der Waals surface area contributed by atoms with Crippen LogP contribution in [0.4, 0.5) is 5.69 Å². The van der Waals surface area contributed by atoms with Crippen molar-refractivity contribution in [1.29, 1.82) is 0 Å². The number of rotatable bonds is 8. The lowest BCUT2D eigenvalue weighted by atomic mass is 10.1. The number of ether oxygens (including phenoxy) is 1. The van der Waals surface area contributed by atoms with Crippen LogP contribution in [-0.2, 0) is 10.0 Å². The molecule has 1 N–H and O–H groups in total. The van der Waals surface area contributed by atoms with E-state index in [0.717, 1.165) is 36.3 Å². The third kappa shape index (κ3) is 5.31. The molecule has 5 nitrogen and oxygen atoms in total. The molecule has 1 unspecified atom stereocenters. The van der Waals surface area contributed by atoms with Gasteiger partial charge in [-0.25, -0.2) is 8.42 Å². The molecule has 1 fully saturated rings. The van der Waals surface area contributed by atoms with Crippen LogP contribution < -0.4 is 14.4 Å². The number of hydrogen-bond donors (Lipinski definition) is 1. The Labute approximate surface area is 175 Å². The molecule has 2 aromatic rings. The van der Waals surface area contributed by atoms with E-state index < -0.39 is 10.0 Å². The van der Waals surface area contributed by atoms with Gasteiger partial charge in [0.25, 0.3) is 10.0 Å². The number of sulfonamides is 1. The second kappa shape index (κ2) is 9.18. The Morgan fingerprint density at radius 2 is 1.86 bits per heavy atom. The Morgan fingerprint density at radius 1 is 1.14 bits per heavy atom. The summed E-state index contributed by atoms with van der Waals surface area (Å²) in [4.78, 5) is 0.285. The van der Waals surface area contributed by atoms with Gasteiger partial charge in [-0.2, -0.15) is 0 Å². The molecule has 29 heavy (non-hydrogen) atoms. The average molecular weight is 417 g/mol. The summed E-state index contributed by atoms with van der Waals surface area (Å²) in [6, 6.07) is 12.7. The minimum absolute atomic E-state index is 0.202. The molecule has 1 aliphatic rings. The summed E-state index contributed by atoms with van der Waals surface area (Å²) in [7, 11) is -3.66.